The largest absolute Gasteiger partial charge is 0.432 e. The molecule has 1 fully saturated rings. The van der Waals surface area contributed by atoms with E-state index in [4.69, 9.17) is 17.0 Å². The highest BCUT2D eigenvalue weighted by atomic mass is 32.1. The molecular formula is C26H29N5O3S. The molecule has 2 heterocycles. The van der Waals surface area contributed by atoms with Crippen LogP contribution in [-0.4, -0.2) is 62.9 Å². The quantitative estimate of drug-likeness (QED) is 0.519. The fraction of sp³-hybridized carbons (Fsp3) is 0.346. The Kier molecular flexibility index (Phi) is 7.87. The molecule has 1 atom stereocenters. The molecule has 0 unspecified atom stereocenters. The lowest BCUT2D eigenvalue weighted by Crippen LogP contribution is -2.47. The summed E-state index contributed by atoms with van der Waals surface area (Å²) in [5.41, 5.74) is 2.61. The first-order chi connectivity index (χ1) is 17.0. The standard InChI is InChI=1S/C26H29N5O3S/c1-3-30(4-2)25(33)19-6-5-15-31(17-19)26(35)34-21-10-7-18(8-11-21)24(32)29-20-9-12-22-23(16-20)28-14-13-27-22/h7-14,16,19H,3-6,15,17H2,1-2H3,(H,29,32)/t19-/m0/s1. The van der Waals surface area contributed by atoms with Gasteiger partial charge in [-0.1, -0.05) is 0 Å². The van der Waals surface area contributed by atoms with Crippen LogP contribution >= 0.6 is 12.2 Å². The van der Waals surface area contributed by atoms with E-state index in [-0.39, 0.29) is 17.7 Å². The van der Waals surface area contributed by atoms with Gasteiger partial charge in [0.1, 0.15) is 5.75 Å². The number of nitrogens with zero attached hydrogens (tertiary/aromatic N) is 4. The highest BCUT2D eigenvalue weighted by Gasteiger charge is 2.30. The molecule has 4 rings (SSSR count). The van der Waals surface area contributed by atoms with Crippen molar-refractivity contribution in [1.82, 2.24) is 19.8 Å². The van der Waals surface area contributed by atoms with Gasteiger partial charge in [-0.2, -0.15) is 0 Å². The van der Waals surface area contributed by atoms with Crippen LogP contribution in [0, 0.1) is 5.92 Å². The van der Waals surface area contributed by atoms with Crippen molar-refractivity contribution < 1.29 is 14.3 Å². The molecule has 2 amide bonds. The molecule has 1 aliphatic rings. The van der Waals surface area contributed by atoms with Gasteiger partial charge in [0, 0.05) is 49.8 Å². The molecule has 1 aromatic heterocycles. The van der Waals surface area contributed by atoms with Crippen molar-refractivity contribution in [2.24, 2.45) is 5.92 Å². The third-order valence-electron chi connectivity index (χ3n) is 6.15. The number of benzene rings is 2. The van der Waals surface area contributed by atoms with Crippen molar-refractivity contribution >= 4 is 45.9 Å². The third kappa shape index (κ3) is 5.92. The van der Waals surface area contributed by atoms with E-state index >= 15 is 0 Å². The van der Waals surface area contributed by atoms with Gasteiger partial charge in [0.15, 0.2) is 0 Å². The summed E-state index contributed by atoms with van der Waals surface area (Å²) in [5.74, 6) is 0.412. The minimum atomic E-state index is -0.240. The summed E-state index contributed by atoms with van der Waals surface area (Å²) < 4.78 is 5.88. The molecular weight excluding hydrogens is 462 g/mol. The molecule has 182 valence electrons. The van der Waals surface area contributed by atoms with Crippen LogP contribution in [0.5, 0.6) is 5.75 Å². The Bertz CT molecular complexity index is 1210. The summed E-state index contributed by atoms with van der Waals surface area (Å²) in [6, 6.07) is 12.2. The van der Waals surface area contributed by atoms with Crippen molar-refractivity contribution in [1.29, 1.82) is 0 Å². The second-order valence-corrected chi connectivity index (χ2v) is 8.75. The predicted molar refractivity (Wildman–Crippen MR) is 139 cm³/mol. The molecule has 0 aliphatic carbocycles. The normalized spacial score (nSPS) is 15.5. The van der Waals surface area contributed by atoms with Crippen molar-refractivity contribution in [2.45, 2.75) is 26.7 Å². The van der Waals surface area contributed by atoms with Crippen LogP contribution in [0.25, 0.3) is 11.0 Å². The number of carbonyl (C=O) groups is 2. The monoisotopic (exact) mass is 491 g/mol. The summed E-state index contributed by atoms with van der Waals surface area (Å²) in [7, 11) is 0. The van der Waals surface area contributed by atoms with Crippen LogP contribution in [-0.2, 0) is 4.79 Å². The van der Waals surface area contributed by atoms with Gasteiger partial charge in [0.25, 0.3) is 11.1 Å². The van der Waals surface area contributed by atoms with E-state index in [1.54, 1.807) is 48.8 Å². The van der Waals surface area contributed by atoms with Crippen LogP contribution in [0.2, 0.25) is 0 Å². The van der Waals surface area contributed by atoms with Gasteiger partial charge in [-0.05, 0) is 81.4 Å². The maximum absolute atomic E-state index is 12.8. The molecule has 1 saturated heterocycles. The molecule has 35 heavy (non-hydrogen) atoms. The van der Waals surface area contributed by atoms with Gasteiger partial charge in [0.2, 0.25) is 5.91 Å². The van der Waals surface area contributed by atoms with Crippen molar-refractivity contribution in [2.75, 3.05) is 31.5 Å². The second-order valence-electron chi connectivity index (χ2n) is 8.40. The Balaban J connectivity index is 1.34. The topological polar surface area (TPSA) is 87.7 Å². The number of nitrogens with one attached hydrogen (secondary N) is 1. The first-order valence-electron chi connectivity index (χ1n) is 11.9. The van der Waals surface area contributed by atoms with E-state index in [0.717, 1.165) is 24.9 Å². The van der Waals surface area contributed by atoms with Crippen LogP contribution in [0.15, 0.2) is 54.9 Å². The Morgan fingerprint density at radius 2 is 1.80 bits per heavy atom. The number of aromatic nitrogens is 2. The van der Waals surface area contributed by atoms with Gasteiger partial charge in [0.05, 0.1) is 17.0 Å². The number of fused-ring (bicyclic) bond motifs is 1. The van der Waals surface area contributed by atoms with E-state index in [2.05, 4.69) is 15.3 Å². The number of rotatable bonds is 6. The fourth-order valence-corrected chi connectivity index (χ4v) is 4.48. The van der Waals surface area contributed by atoms with Crippen molar-refractivity contribution in [3.8, 4) is 5.75 Å². The Morgan fingerprint density at radius 1 is 1.09 bits per heavy atom. The molecule has 9 heteroatoms. The number of amides is 2. The molecule has 1 N–H and O–H groups in total. The maximum Gasteiger partial charge on any atom is 0.264 e. The predicted octanol–water partition coefficient (Wildman–Crippen LogP) is 4.13. The van der Waals surface area contributed by atoms with E-state index in [0.29, 0.717) is 47.3 Å². The van der Waals surface area contributed by atoms with E-state index in [1.807, 2.05) is 29.7 Å². The minimum Gasteiger partial charge on any atom is -0.432 e. The average molecular weight is 492 g/mol. The summed E-state index contributed by atoms with van der Waals surface area (Å²) in [6.45, 7) is 6.73. The highest BCUT2D eigenvalue weighted by molar-refractivity contribution is 7.80. The number of piperidine rings is 1. The smallest absolute Gasteiger partial charge is 0.264 e. The lowest BCUT2D eigenvalue weighted by Gasteiger charge is -2.35. The number of hydrogen-bond donors (Lipinski definition) is 1. The van der Waals surface area contributed by atoms with Crippen molar-refractivity contribution in [3.05, 3.63) is 60.4 Å². The molecule has 8 nitrogen and oxygen atoms in total. The molecule has 0 spiro atoms. The number of carbonyl (C=O) groups excluding carboxylic acids is 2. The summed E-state index contributed by atoms with van der Waals surface area (Å²) in [6.07, 6.45) is 5.00. The first-order valence-corrected chi connectivity index (χ1v) is 12.3. The zero-order chi connectivity index (χ0) is 24.8. The van der Waals surface area contributed by atoms with E-state index in [9.17, 15) is 9.59 Å². The Labute approximate surface area is 210 Å². The van der Waals surface area contributed by atoms with Crippen LogP contribution < -0.4 is 10.1 Å². The van der Waals surface area contributed by atoms with Crippen LogP contribution in [0.3, 0.4) is 0 Å². The minimum absolute atomic E-state index is 0.0719. The van der Waals surface area contributed by atoms with Gasteiger partial charge < -0.3 is 19.9 Å². The molecule has 0 saturated carbocycles. The molecule has 1 aliphatic heterocycles. The number of thiocarbonyl (C=S) groups is 1. The van der Waals surface area contributed by atoms with Gasteiger partial charge in [-0.25, -0.2) is 0 Å². The summed E-state index contributed by atoms with van der Waals surface area (Å²) >= 11 is 5.52. The maximum atomic E-state index is 12.8. The van der Waals surface area contributed by atoms with Gasteiger partial charge in [-0.15, -0.1) is 0 Å². The highest BCUT2D eigenvalue weighted by Crippen LogP contribution is 2.22. The number of likely N-dealkylation sites (tertiary alicyclic amines) is 1. The summed E-state index contributed by atoms with van der Waals surface area (Å²) in [5, 5.41) is 3.22. The third-order valence-corrected chi connectivity index (χ3v) is 6.49. The Morgan fingerprint density at radius 3 is 2.51 bits per heavy atom. The van der Waals surface area contributed by atoms with Crippen molar-refractivity contribution in [3.63, 3.8) is 0 Å². The second kappa shape index (κ2) is 11.2. The molecule has 3 aromatic rings. The van der Waals surface area contributed by atoms with Gasteiger partial charge >= 0.3 is 0 Å². The first kappa shape index (κ1) is 24.5. The van der Waals surface area contributed by atoms with E-state index in [1.165, 1.54) is 0 Å². The van der Waals surface area contributed by atoms with Gasteiger partial charge in [-0.3, -0.25) is 19.6 Å². The lowest BCUT2D eigenvalue weighted by atomic mass is 9.97. The molecule has 2 aromatic carbocycles. The lowest BCUT2D eigenvalue weighted by molar-refractivity contribution is -0.136. The van der Waals surface area contributed by atoms with Crippen LogP contribution in [0.4, 0.5) is 5.69 Å². The summed E-state index contributed by atoms with van der Waals surface area (Å²) in [4.78, 5) is 37.7. The fourth-order valence-electron chi connectivity index (χ4n) is 4.22. The SMILES string of the molecule is CCN(CC)C(=O)[C@H]1CCCN(C(=S)Oc2ccc(C(=O)Nc3ccc4nccnc4c3)cc2)C1. The zero-order valence-corrected chi connectivity index (χ0v) is 20.8. The van der Waals surface area contributed by atoms with Crippen LogP contribution in [0.1, 0.15) is 37.0 Å². The number of anilines is 1. The molecule has 0 bridgehead atoms. The number of ether oxygens (including phenoxy) is 1. The average Bonchev–Trinajstić information content (AvgIpc) is 2.89. The van der Waals surface area contributed by atoms with E-state index < -0.39 is 0 Å². The number of hydrogen-bond acceptors (Lipinski definition) is 6. The molecule has 0 radical (unpaired) electrons. The zero-order valence-electron chi connectivity index (χ0n) is 19.9. The Hall–Kier alpha value is -3.59.